The molecule has 0 atom stereocenters. The van der Waals surface area contributed by atoms with E-state index in [0.717, 1.165) is 30.2 Å². The highest BCUT2D eigenvalue weighted by atomic mass is 79.9. The van der Waals surface area contributed by atoms with Crippen LogP contribution in [0.1, 0.15) is 39.5 Å². The van der Waals surface area contributed by atoms with E-state index < -0.39 is 7.82 Å². The molecular formula is C14H22BrO4P. The molecule has 1 aromatic carbocycles. The van der Waals surface area contributed by atoms with E-state index in [-0.39, 0.29) is 0 Å². The summed E-state index contributed by atoms with van der Waals surface area (Å²) in [6, 6.07) is 7.21. The fourth-order valence-electron chi connectivity index (χ4n) is 1.37. The number of phosphoric ester groups is 1. The number of para-hydroxylation sites is 1. The smallest absolute Gasteiger partial charge is 0.403 e. The zero-order chi connectivity index (χ0) is 14.8. The minimum atomic E-state index is -3.56. The van der Waals surface area contributed by atoms with Gasteiger partial charge in [0.15, 0.2) is 0 Å². The molecule has 0 radical (unpaired) electrons. The summed E-state index contributed by atoms with van der Waals surface area (Å²) in [6.45, 7) is 4.82. The first-order valence-electron chi connectivity index (χ1n) is 6.94. The van der Waals surface area contributed by atoms with Crippen molar-refractivity contribution >= 4 is 23.8 Å². The van der Waals surface area contributed by atoms with Crippen molar-refractivity contribution in [3.8, 4) is 5.75 Å². The summed E-state index contributed by atoms with van der Waals surface area (Å²) in [5.41, 5.74) is 0. The number of unbranched alkanes of at least 4 members (excludes halogenated alkanes) is 2. The molecular weight excluding hydrogens is 343 g/mol. The fraction of sp³-hybridized carbons (Fsp3) is 0.571. The van der Waals surface area contributed by atoms with Crippen LogP contribution >= 0.6 is 23.8 Å². The molecule has 0 heterocycles. The lowest BCUT2D eigenvalue weighted by Gasteiger charge is -2.19. The van der Waals surface area contributed by atoms with Crippen LogP contribution in [0.4, 0.5) is 0 Å². The maximum atomic E-state index is 12.6. The number of hydrogen-bond donors (Lipinski definition) is 0. The van der Waals surface area contributed by atoms with Crippen molar-refractivity contribution in [1.29, 1.82) is 0 Å². The number of benzene rings is 1. The molecule has 0 aliphatic heterocycles. The number of phosphoric acid groups is 1. The highest BCUT2D eigenvalue weighted by Gasteiger charge is 2.29. The van der Waals surface area contributed by atoms with Crippen molar-refractivity contribution in [2.45, 2.75) is 39.5 Å². The molecule has 20 heavy (non-hydrogen) atoms. The third kappa shape index (κ3) is 6.40. The SMILES string of the molecule is CCCCOP(=O)(OCCCC)Oc1ccccc1Br. The predicted octanol–water partition coefficient (Wildman–Crippen LogP) is 5.57. The van der Waals surface area contributed by atoms with Crippen LogP contribution in [0.25, 0.3) is 0 Å². The third-order valence-corrected chi connectivity index (χ3v) is 4.61. The quantitative estimate of drug-likeness (QED) is 0.402. The molecule has 1 rings (SSSR count). The van der Waals surface area contributed by atoms with Crippen LogP contribution < -0.4 is 4.52 Å². The monoisotopic (exact) mass is 364 g/mol. The largest absolute Gasteiger partial charge is 0.530 e. The average molecular weight is 365 g/mol. The van der Waals surface area contributed by atoms with Crippen molar-refractivity contribution in [2.24, 2.45) is 0 Å². The lowest BCUT2D eigenvalue weighted by atomic mass is 10.3. The van der Waals surface area contributed by atoms with Crippen molar-refractivity contribution in [1.82, 2.24) is 0 Å². The second kappa shape index (κ2) is 9.56. The Hall–Kier alpha value is -0.350. The van der Waals surface area contributed by atoms with Crippen LogP contribution in [0.2, 0.25) is 0 Å². The van der Waals surface area contributed by atoms with Gasteiger partial charge in [0.05, 0.1) is 17.7 Å². The van der Waals surface area contributed by atoms with Crippen molar-refractivity contribution in [2.75, 3.05) is 13.2 Å². The normalized spacial score (nSPS) is 11.6. The van der Waals surface area contributed by atoms with Gasteiger partial charge in [-0.1, -0.05) is 38.8 Å². The third-order valence-electron chi connectivity index (χ3n) is 2.54. The Bertz CT molecular complexity index is 425. The lowest BCUT2D eigenvalue weighted by Crippen LogP contribution is -2.05. The molecule has 0 N–H and O–H groups in total. The van der Waals surface area contributed by atoms with E-state index in [9.17, 15) is 4.57 Å². The molecule has 0 unspecified atom stereocenters. The van der Waals surface area contributed by atoms with Gasteiger partial charge in [0.25, 0.3) is 0 Å². The van der Waals surface area contributed by atoms with Gasteiger partial charge in [0.1, 0.15) is 5.75 Å². The fourth-order valence-corrected chi connectivity index (χ4v) is 3.15. The van der Waals surface area contributed by atoms with E-state index in [1.165, 1.54) is 0 Å². The molecule has 0 saturated heterocycles. The molecule has 0 amide bonds. The molecule has 0 aliphatic rings. The molecule has 4 nitrogen and oxygen atoms in total. The first-order valence-corrected chi connectivity index (χ1v) is 9.20. The summed E-state index contributed by atoms with van der Waals surface area (Å²) < 4.78 is 29.5. The second-order valence-corrected chi connectivity index (χ2v) is 6.79. The standard InChI is InChI=1S/C14H22BrO4P/c1-3-5-11-17-20(16,18-12-6-4-2)19-14-10-8-7-9-13(14)15/h7-10H,3-6,11-12H2,1-2H3. The van der Waals surface area contributed by atoms with Crippen molar-refractivity contribution in [3.63, 3.8) is 0 Å². The number of halogens is 1. The zero-order valence-electron chi connectivity index (χ0n) is 12.0. The first-order chi connectivity index (χ1) is 9.61. The highest BCUT2D eigenvalue weighted by molar-refractivity contribution is 9.10. The Balaban J connectivity index is 2.70. The van der Waals surface area contributed by atoms with Crippen LogP contribution in [0, 0.1) is 0 Å². The van der Waals surface area contributed by atoms with E-state index in [1.54, 1.807) is 6.07 Å². The molecule has 6 heteroatoms. The topological polar surface area (TPSA) is 44.8 Å². The Morgan fingerprint density at radius 1 is 1.05 bits per heavy atom. The Kier molecular flexibility index (Phi) is 8.46. The van der Waals surface area contributed by atoms with Gasteiger partial charge in [-0.2, -0.15) is 0 Å². The predicted molar refractivity (Wildman–Crippen MR) is 84.1 cm³/mol. The minimum Gasteiger partial charge on any atom is -0.403 e. The Morgan fingerprint density at radius 3 is 2.10 bits per heavy atom. The second-order valence-electron chi connectivity index (χ2n) is 4.34. The summed E-state index contributed by atoms with van der Waals surface area (Å²) in [5, 5.41) is 0. The van der Waals surface area contributed by atoms with E-state index in [1.807, 2.05) is 32.0 Å². The highest BCUT2D eigenvalue weighted by Crippen LogP contribution is 2.51. The first kappa shape index (κ1) is 17.7. The maximum Gasteiger partial charge on any atom is 0.530 e. The number of hydrogen-bond acceptors (Lipinski definition) is 4. The van der Waals surface area contributed by atoms with Crippen LogP contribution in [0.15, 0.2) is 28.7 Å². The van der Waals surface area contributed by atoms with Gasteiger partial charge in [0, 0.05) is 0 Å². The van der Waals surface area contributed by atoms with Gasteiger partial charge in [-0.15, -0.1) is 0 Å². The summed E-state index contributed by atoms with van der Waals surface area (Å²) >= 11 is 3.36. The zero-order valence-corrected chi connectivity index (χ0v) is 14.5. The molecule has 0 spiro atoms. The van der Waals surface area contributed by atoms with E-state index in [2.05, 4.69) is 15.9 Å². The summed E-state index contributed by atoms with van der Waals surface area (Å²) in [4.78, 5) is 0. The molecule has 114 valence electrons. The molecule has 0 fully saturated rings. The van der Waals surface area contributed by atoms with Crippen LogP contribution in [-0.4, -0.2) is 13.2 Å². The van der Waals surface area contributed by atoms with Gasteiger partial charge < -0.3 is 4.52 Å². The van der Waals surface area contributed by atoms with Gasteiger partial charge in [-0.05, 0) is 40.9 Å². The average Bonchev–Trinajstić information content (AvgIpc) is 2.42. The lowest BCUT2D eigenvalue weighted by molar-refractivity contribution is 0.152. The van der Waals surface area contributed by atoms with Crippen LogP contribution in [-0.2, 0) is 13.6 Å². The van der Waals surface area contributed by atoms with Gasteiger partial charge in [-0.3, -0.25) is 9.05 Å². The number of rotatable bonds is 10. The van der Waals surface area contributed by atoms with E-state index in [0.29, 0.717) is 19.0 Å². The van der Waals surface area contributed by atoms with Crippen molar-refractivity contribution < 1.29 is 18.1 Å². The van der Waals surface area contributed by atoms with Gasteiger partial charge in [-0.25, -0.2) is 4.57 Å². The summed E-state index contributed by atoms with van der Waals surface area (Å²) in [5.74, 6) is 0.462. The van der Waals surface area contributed by atoms with Gasteiger partial charge >= 0.3 is 7.82 Å². The molecule has 1 aromatic rings. The Labute approximate surface area is 129 Å². The molecule has 0 aromatic heterocycles. The maximum absolute atomic E-state index is 12.6. The van der Waals surface area contributed by atoms with Crippen molar-refractivity contribution in [3.05, 3.63) is 28.7 Å². The Morgan fingerprint density at radius 2 is 1.60 bits per heavy atom. The molecule has 0 bridgehead atoms. The molecule has 0 aliphatic carbocycles. The molecule has 0 saturated carbocycles. The van der Waals surface area contributed by atoms with Crippen LogP contribution in [0.3, 0.4) is 0 Å². The van der Waals surface area contributed by atoms with Crippen LogP contribution in [0.5, 0.6) is 5.75 Å². The summed E-state index contributed by atoms with van der Waals surface area (Å²) in [7, 11) is -3.56. The van der Waals surface area contributed by atoms with E-state index in [4.69, 9.17) is 13.6 Å². The van der Waals surface area contributed by atoms with Gasteiger partial charge in [0.2, 0.25) is 0 Å². The van der Waals surface area contributed by atoms with E-state index >= 15 is 0 Å². The summed E-state index contributed by atoms with van der Waals surface area (Å²) in [6.07, 6.45) is 3.56. The minimum absolute atomic E-state index is 0.365.